The first-order chi connectivity index (χ1) is 6.70. The van der Waals surface area contributed by atoms with Gasteiger partial charge in [-0.1, -0.05) is 6.07 Å². The average Bonchev–Trinajstić information content (AvgIpc) is 2.17. The van der Waals surface area contributed by atoms with Crippen LogP contribution in [0.1, 0.15) is 10.4 Å². The second-order valence-corrected chi connectivity index (χ2v) is 3.19. The summed E-state index contributed by atoms with van der Waals surface area (Å²) in [6.45, 7) is 0. The molecule has 0 aliphatic carbocycles. The van der Waals surface area contributed by atoms with Gasteiger partial charge in [-0.05, 0) is 23.7 Å². The summed E-state index contributed by atoms with van der Waals surface area (Å²) in [6.07, 6.45) is 1.53. The van der Waals surface area contributed by atoms with Crippen LogP contribution in [-0.2, 0) is 0 Å². The van der Waals surface area contributed by atoms with Crippen LogP contribution in [0.5, 0.6) is 0 Å². The highest BCUT2D eigenvalue weighted by Crippen LogP contribution is 2.14. The number of fused-ring (bicyclic) bond motifs is 1. The van der Waals surface area contributed by atoms with Crippen molar-refractivity contribution in [2.75, 3.05) is 0 Å². The van der Waals surface area contributed by atoms with E-state index in [0.29, 0.717) is 10.9 Å². The van der Waals surface area contributed by atoms with Gasteiger partial charge in [-0.25, -0.2) is 0 Å². The van der Waals surface area contributed by atoms with Crippen molar-refractivity contribution in [3.63, 3.8) is 0 Å². The predicted molar refractivity (Wildman–Crippen MR) is 54.8 cm³/mol. The third-order valence-corrected chi connectivity index (χ3v) is 2.20. The second kappa shape index (κ2) is 3.27. The van der Waals surface area contributed by atoms with E-state index in [-0.39, 0.29) is 11.0 Å². The Morgan fingerprint density at radius 1 is 1.29 bits per heavy atom. The number of aromatic amines is 1. The molecule has 1 heterocycles. The zero-order valence-electron chi connectivity index (χ0n) is 7.08. The lowest BCUT2D eigenvalue weighted by atomic mass is 10.1. The maximum Gasteiger partial charge on any atom is 0.253 e. The molecule has 1 N–H and O–H groups in total. The molecule has 0 amide bonds. The van der Waals surface area contributed by atoms with E-state index in [9.17, 15) is 9.59 Å². The third-order valence-electron chi connectivity index (χ3n) is 2.00. The minimum atomic E-state index is -0.618. The van der Waals surface area contributed by atoms with E-state index < -0.39 is 5.24 Å². The molecule has 0 aliphatic rings. The van der Waals surface area contributed by atoms with Gasteiger partial charge in [0.2, 0.25) is 0 Å². The van der Waals surface area contributed by atoms with Crippen LogP contribution < -0.4 is 5.43 Å². The van der Waals surface area contributed by atoms with E-state index in [2.05, 4.69) is 4.98 Å². The quantitative estimate of drug-likeness (QED) is 0.727. The lowest BCUT2D eigenvalue weighted by molar-refractivity contribution is 0.108. The van der Waals surface area contributed by atoms with Crippen LogP contribution in [0, 0.1) is 0 Å². The van der Waals surface area contributed by atoms with Crippen LogP contribution >= 0.6 is 11.6 Å². The zero-order chi connectivity index (χ0) is 10.1. The smallest absolute Gasteiger partial charge is 0.253 e. The van der Waals surface area contributed by atoms with Crippen LogP contribution in [0.4, 0.5) is 0 Å². The minimum Gasteiger partial charge on any atom is -0.361 e. The number of H-pyrrole nitrogens is 1. The molecule has 14 heavy (non-hydrogen) atoms. The lowest BCUT2D eigenvalue weighted by Gasteiger charge is -1.99. The van der Waals surface area contributed by atoms with E-state index in [4.69, 9.17) is 11.6 Å². The molecule has 1 aromatic carbocycles. The van der Waals surface area contributed by atoms with Gasteiger partial charge in [0.05, 0.1) is 10.9 Å². The molecule has 1 aromatic heterocycles. The summed E-state index contributed by atoms with van der Waals surface area (Å²) in [5.74, 6) is 0. The van der Waals surface area contributed by atoms with E-state index >= 15 is 0 Å². The van der Waals surface area contributed by atoms with Gasteiger partial charge in [0.1, 0.15) is 0 Å². The maximum absolute atomic E-state index is 11.5. The van der Waals surface area contributed by atoms with Crippen molar-refractivity contribution in [1.29, 1.82) is 0 Å². The number of carbonyl (C=O) groups excluding carboxylic acids is 1. The molecule has 4 heteroatoms. The van der Waals surface area contributed by atoms with Gasteiger partial charge in [0.15, 0.2) is 5.43 Å². The zero-order valence-corrected chi connectivity index (χ0v) is 7.84. The molecule has 0 aliphatic heterocycles. The van der Waals surface area contributed by atoms with Crippen molar-refractivity contribution in [3.05, 3.63) is 46.2 Å². The molecule has 0 fully saturated rings. The Hall–Kier alpha value is -1.61. The summed E-state index contributed by atoms with van der Waals surface area (Å²) in [5.41, 5.74) is 0.651. The standard InChI is InChI=1S/C10H6ClNO2/c11-10(14)6-2-1-3-7-9(6)8(13)4-5-12-7/h1-5H,(H,12,13). The molecule has 0 saturated heterocycles. The molecule has 0 bridgehead atoms. The average molecular weight is 208 g/mol. The largest absolute Gasteiger partial charge is 0.361 e. The molecule has 0 saturated carbocycles. The minimum absolute atomic E-state index is 0.205. The molecular weight excluding hydrogens is 202 g/mol. The molecule has 0 unspecified atom stereocenters. The Kier molecular flexibility index (Phi) is 2.09. The number of pyridine rings is 1. The fraction of sp³-hybridized carbons (Fsp3) is 0. The van der Waals surface area contributed by atoms with Crippen LogP contribution in [-0.4, -0.2) is 10.2 Å². The molecular formula is C10H6ClNO2. The number of nitrogens with one attached hydrogen (secondary N) is 1. The lowest BCUT2D eigenvalue weighted by Crippen LogP contribution is -2.05. The topological polar surface area (TPSA) is 49.9 Å². The number of hydrogen-bond donors (Lipinski definition) is 1. The Balaban J connectivity index is 2.99. The molecule has 2 rings (SSSR count). The van der Waals surface area contributed by atoms with Gasteiger partial charge in [-0.3, -0.25) is 9.59 Å². The Morgan fingerprint density at radius 3 is 2.79 bits per heavy atom. The van der Waals surface area contributed by atoms with Crippen molar-refractivity contribution < 1.29 is 4.79 Å². The Labute approximate surface area is 84.3 Å². The van der Waals surface area contributed by atoms with E-state index in [1.54, 1.807) is 12.1 Å². The SMILES string of the molecule is O=C(Cl)c1cccc2[nH]ccc(=O)c12. The summed E-state index contributed by atoms with van der Waals surface area (Å²) in [6, 6.07) is 6.30. The highest BCUT2D eigenvalue weighted by atomic mass is 35.5. The number of carbonyl (C=O) groups is 1. The number of aromatic nitrogens is 1. The predicted octanol–water partition coefficient (Wildman–Crippen LogP) is 1.91. The molecule has 0 radical (unpaired) electrons. The second-order valence-electron chi connectivity index (χ2n) is 2.84. The summed E-state index contributed by atoms with van der Waals surface area (Å²) >= 11 is 5.36. The van der Waals surface area contributed by atoms with E-state index in [1.165, 1.54) is 18.3 Å². The van der Waals surface area contributed by atoms with Gasteiger partial charge < -0.3 is 4.98 Å². The summed E-state index contributed by atoms with van der Waals surface area (Å²) in [7, 11) is 0. The number of hydrogen-bond acceptors (Lipinski definition) is 2. The van der Waals surface area contributed by atoms with Crippen LogP contribution in [0.2, 0.25) is 0 Å². The van der Waals surface area contributed by atoms with Crippen molar-refractivity contribution in [2.45, 2.75) is 0 Å². The van der Waals surface area contributed by atoms with Gasteiger partial charge in [-0.15, -0.1) is 0 Å². The van der Waals surface area contributed by atoms with Crippen molar-refractivity contribution in [3.8, 4) is 0 Å². The number of rotatable bonds is 1. The first-order valence-corrected chi connectivity index (χ1v) is 4.38. The fourth-order valence-electron chi connectivity index (χ4n) is 1.39. The molecule has 70 valence electrons. The van der Waals surface area contributed by atoms with E-state index in [1.807, 2.05) is 0 Å². The third kappa shape index (κ3) is 1.32. The molecule has 0 atom stereocenters. The maximum atomic E-state index is 11.5. The van der Waals surface area contributed by atoms with Crippen LogP contribution in [0.15, 0.2) is 35.3 Å². The van der Waals surface area contributed by atoms with Gasteiger partial charge in [0, 0.05) is 17.8 Å². The first kappa shape index (κ1) is 8.97. The molecule has 2 aromatic rings. The van der Waals surface area contributed by atoms with E-state index in [0.717, 1.165) is 0 Å². The highest BCUT2D eigenvalue weighted by molar-refractivity contribution is 6.68. The monoisotopic (exact) mass is 207 g/mol. The molecule has 3 nitrogen and oxygen atoms in total. The van der Waals surface area contributed by atoms with Gasteiger partial charge in [0.25, 0.3) is 5.24 Å². The van der Waals surface area contributed by atoms with Crippen LogP contribution in [0.25, 0.3) is 10.9 Å². The van der Waals surface area contributed by atoms with Crippen molar-refractivity contribution in [2.24, 2.45) is 0 Å². The summed E-state index contributed by atoms with van der Waals surface area (Å²) in [5, 5.41) is -0.276. The number of benzene rings is 1. The van der Waals surface area contributed by atoms with Crippen molar-refractivity contribution >= 4 is 27.7 Å². The fourth-order valence-corrected chi connectivity index (χ4v) is 1.55. The highest BCUT2D eigenvalue weighted by Gasteiger charge is 2.09. The first-order valence-electron chi connectivity index (χ1n) is 4.00. The number of halogens is 1. The van der Waals surface area contributed by atoms with Gasteiger partial charge >= 0.3 is 0 Å². The normalized spacial score (nSPS) is 10.4. The van der Waals surface area contributed by atoms with Gasteiger partial charge in [-0.2, -0.15) is 0 Å². The Morgan fingerprint density at radius 2 is 2.07 bits per heavy atom. The Bertz CT molecular complexity index is 554. The van der Waals surface area contributed by atoms with Crippen molar-refractivity contribution in [1.82, 2.24) is 4.98 Å². The molecule has 0 spiro atoms. The van der Waals surface area contributed by atoms with Crippen LogP contribution in [0.3, 0.4) is 0 Å². The summed E-state index contributed by atoms with van der Waals surface area (Å²) < 4.78 is 0. The summed E-state index contributed by atoms with van der Waals surface area (Å²) in [4.78, 5) is 25.4.